The van der Waals surface area contributed by atoms with Crippen molar-refractivity contribution >= 4 is 36.5 Å². The van der Waals surface area contributed by atoms with Gasteiger partial charge in [-0.3, -0.25) is 0 Å². The molecule has 40 heavy (non-hydrogen) atoms. The molecule has 4 aliphatic rings. The number of sulfonamides is 1. The molecule has 1 unspecified atom stereocenters. The van der Waals surface area contributed by atoms with Gasteiger partial charge in [0.15, 0.2) is 0 Å². The summed E-state index contributed by atoms with van der Waals surface area (Å²) in [6, 6.07) is 10.4. The van der Waals surface area contributed by atoms with E-state index >= 15 is 0 Å². The summed E-state index contributed by atoms with van der Waals surface area (Å²) in [4.78, 5) is 12.0. The third-order valence-corrected chi connectivity index (χ3v) is 12.9. The molecule has 0 radical (unpaired) electrons. The van der Waals surface area contributed by atoms with Crippen molar-refractivity contribution in [3.63, 3.8) is 0 Å². The molecule has 11 heteroatoms. The van der Waals surface area contributed by atoms with E-state index in [0.717, 1.165) is 79.3 Å². The third kappa shape index (κ3) is 4.36. The number of hydrogen-bond acceptors (Lipinski definition) is 7. The highest BCUT2D eigenvalue weighted by Gasteiger charge is 2.87. The van der Waals surface area contributed by atoms with Crippen molar-refractivity contribution < 1.29 is 16.8 Å². The SMILES string of the molecule is CS(=O)(=O)NC1CCC2(CC1)C1C[C@@]12Cc1nccc(-n2ccc3c(N4CCC(S(C)(=O)=O)CC4)cccc32)n1. The Labute approximate surface area is 236 Å². The number of sulfone groups is 1. The van der Waals surface area contributed by atoms with Gasteiger partial charge >= 0.3 is 0 Å². The smallest absolute Gasteiger partial charge is 0.208 e. The summed E-state index contributed by atoms with van der Waals surface area (Å²) in [6.07, 6.45) is 13.9. The van der Waals surface area contributed by atoms with Gasteiger partial charge in [0.05, 0.1) is 17.0 Å². The van der Waals surface area contributed by atoms with Crippen LogP contribution in [0.25, 0.3) is 16.7 Å². The molecule has 2 aromatic heterocycles. The molecule has 7 rings (SSSR count). The highest BCUT2D eigenvalue weighted by atomic mass is 32.2. The highest BCUT2D eigenvalue weighted by molar-refractivity contribution is 7.91. The van der Waals surface area contributed by atoms with Crippen LogP contribution in [0.4, 0.5) is 5.69 Å². The van der Waals surface area contributed by atoms with Crippen LogP contribution in [0.1, 0.15) is 50.8 Å². The number of rotatable bonds is 7. The number of fused-ring (bicyclic) bond motifs is 4. The Kier molecular flexibility index (Phi) is 5.94. The molecule has 3 saturated carbocycles. The number of nitrogens with one attached hydrogen (secondary N) is 1. The van der Waals surface area contributed by atoms with Crippen molar-refractivity contribution in [2.24, 2.45) is 16.7 Å². The first-order valence-corrected chi connectivity index (χ1v) is 18.2. The Balaban J connectivity index is 1.07. The fourth-order valence-electron chi connectivity index (χ4n) is 8.23. The fraction of sp³-hybridized carbons (Fsp3) is 0.586. The maximum absolute atomic E-state index is 12.0. The summed E-state index contributed by atoms with van der Waals surface area (Å²) in [5, 5.41) is 0.893. The van der Waals surface area contributed by atoms with Crippen LogP contribution in [0.15, 0.2) is 42.7 Å². The second kappa shape index (κ2) is 9.00. The standard InChI is InChI=1S/C29H37N5O4S2/c1-39(35,36)21-9-15-33(16-10-21)23-4-3-5-24-22(23)11-17-34(24)27-8-14-30-26(31-27)19-29-18-25(29)28(29)12-6-20(7-13-28)32-40(2,37)38/h3-5,8,11,14,17,20-21,25,32H,6-7,9-10,12-13,15-16,18-19H2,1-2H3/t20?,25?,28?,29-/m1/s1. The van der Waals surface area contributed by atoms with E-state index < -0.39 is 19.9 Å². The molecular formula is C29H37N5O4S2. The molecular weight excluding hydrogens is 546 g/mol. The summed E-state index contributed by atoms with van der Waals surface area (Å²) in [5.41, 5.74) is 2.86. The largest absolute Gasteiger partial charge is 0.371 e. The molecule has 1 aliphatic heterocycles. The summed E-state index contributed by atoms with van der Waals surface area (Å²) < 4.78 is 52.3. The summed E-state index contributed by atoms with van der Waals surface area (Å²) in [5.74, 6) is 2.47. The predicted octanol–water partition coefficient (Wildman–Crippen LogP) is 3.47. The van der Waals surface area contributed by atoms with Gasteiger partial charge < -0.3 is 9.47 Å². The van der Waals surface area contributed by atoms with Gasteiger partial charge in [0, 0.05) is 55.3 Å². The summed E-state index contributed by atoms with van der Waals surface area (Å²) in [6.45, 7) is 1.46. The third-order valence-electron chi connectivity index (χ3n) is 10.4. The van der Waals surface area contributed by atoms with E-state index in [1.54, 1.807) is 0 Å². The Morgan fingerprint density at radius 2 is 1.75 bits per heavy atom. The predicted molar refractivity (Wildman–Crippen MR) is 156 cm³/mol. The van der Waals surface area contributed by atoms with Crippen LogP contribution >= 0.6 is 0 Å². The quantitative estimate of drug-likeness (QED) is 0.453. The van der Waals surface area contributed by atoms with Crippen LogP contribution in [-0.4, -0.2) is 68.3 Å². The Hall–Kier alpha value is -2.50. The van der Waals surface area contributed by atoms with Crippen LogP contribution in [0.5, 0.6) is 0 Å². The molecule has 1 saturated heterocycles. The lowest BCUT2D eigenvalue weighted by atomic mass is 9.73. The molecule has 214 valence electrons. The van der Waals surface area contributed by atoms with Gasteiger partial charge in [-0.05, 0) is 86.0 Å². The molecule has 0 bridgehead atoms. The lowest BCUT2D eigenvalue weighted by molar-refractivity contribution is 0.183. The van der Waals surface area contributed by atoms with E-state index in [1.165, 1.54) is 18.9 Å². The van der Waals surface area contributed by atoms with Crippen LogP contribution in [0.2, 0.25) is 0 Å². The van der Waals surface area contributed by atoms with E-state index in [9.17, 15) is 16.8 Å². The minimum Gasteiger partial charge on any atom is -0.371 e. The van der Waals surface area contributed by atoms with Crippen molar-refractivity contribution in [1.29, 1.82) is 0 Å². The number of nitrogens with zero attached hydrogens (tertiary/aromatic N) is 4. The number of aromatic nitrogens is 3. The second-order valence-corrected chi connectivity index (χ2v) is 16.8. The van der Waals surface area contributed by atoms with Crippen molar-refractivity contribution in [1.82, 2.24) is 19.3 Å². The van der Waals surface area contributed by atoms with E-state index in [4.69, 9.17) is 4.98 Å². The highest BCUT2D eigenvalue weighted by Crippen LogP contribution is 2.92. The lowest BCUT2D eigenvalue weighted by Crippen LogP contribution is -2.39. The Morgan fingerprint density at radius 3 is 2.42 bits per heavy atom. The molecule has 4 fully saturated rings. The summed E-state index contributed by atoms with van der Waals surface area (Å²) >= 11 is 0. The normalized spacial score (nSPS) is 30.5. The van der Waals surface area contributed by atoms with Gasteiger partial charge in [-0.2, -0.15) is 0 Å². The van der Waals surface area contributed by atoms with E-state index in [0.29, 0.717) is 23.7 Å². The number of benzene rings is 1. The topological polar surface area (TPSA) is 114 Å². The maximum Gasteiger partial charge on any atom is 0.208 e. The van der Waals surface area contributed by atoms with Gasteiger partial charge in [-0.25, -0.2) is 31.5 Å². The van der Waals surface area contributed by atoms with Gasteiger partial charge in [0.2, 0.25) is 10.0 Å². The zero-order chi connectivity index (χ0) is 27.9. The molecule has 9 nitrogen and oxygen atoms in total. The average molecular weight is 584 g/mol. The molecule has 1 spiro atoms. The Bertz CT molecular complexity index is 1690. The first-order chi connectivity index (χ1) is 19.0. The fourth-order valence-corrected chi connectivity index (χ4v) is 10.1. The zero-order valence-corrected chi connectivity index (χ0v) is 24.7. The zero-order valence-electron chi connectivity index (χ0n) is 23.1. The number of piperidine rings is 1. The molecule has 3 aliphatic carbocycles. The lowest BCUT2D eigenvalue weighted by Gasteiger charge is -2.35. The van der Waals surface area contributed by atoms with Crippen molar-refractivity contribution in [3.8, 4) is 5.82 Å². The van der Waals surface area contributed by atoms with Crippen molar-refractivity contribution in [2.45, 2.75) is 62.7 Å². The minimum atomic E-state index is -3.16. The average Bonchev–Trinajstić information content (AvgIpc) is 3.68. The van der Waals surface area contributed by atoms with Crippen LogP contribution in [-0.2, 0) is 26.3 Å². The Morgan fingerprint density at radius 1 is 1.00 bits per heavy atom. The first kappa shape index (κ1) is 26.4. The van der Waals surface area contributed by atoms with Crippen LogP contribution < -0.4 is 9.62 Å². The van der Waals surface area contributed by atoms with Gasteiger partial charge in [-0.15, -0.1) is 0 Å². The molecule has 1 N–H and O–H groups in total. The van der Waals surface area contributed by atoms with Crippen molar-refractivity contribution in [2.75, 3.05) is 30.5 Å². The molecule has 3 aromatic rings. The molecule has 1 aromatic carbocycles. The van der Waals surface area contributed by atoms with E-state index in [-0.39, 0.29) is 11.3 Å². The first-order valence-electron chi connectivity index (χ1n) is 14.3. The molecule has 3 heterocycles. The van der Waals surface area contributed by atoms with Crippen LogP contribution in [0, 0.1) is 16.7 Å². The number of hydrogen-bond donors (Lipinski definition) is 1. The summed E-state index contributed by atoms with van der Waals surface area (Å²) in [7, 11) is -6.17. The molecule has 0 amide bonds. The van der Waals surface area contributed by atoms with Gasteiger partial charge in [0.25, 0.3) is 0 Å². The monoisotopic (exact) mass is 583 g/mol. The van der Waals surface area contributed by atoms with E-state index in [1.807, 2.05) is 12.3 Å². The molecule has 2 atom stereocenters. The van der Waals surface area contributed by atoms with Gasteiger partial charge in [0.1, 0.15) is 21.5 Å². The van der Waals surface area contributed by atoms with Gasteiger partial charge in [-0.1, -0.05) is 6.07 Å². The minimum absolute atomic E-state index is 0.0650. The maximum atomic E-state index is 12.0. The van der Waals surface area contributed by atoms with Crippen molar-refractivity contribution in [3.05, 3.63) is 48.5 Å². The van der Waals surface area contributed by atoms with Crippen LogP contribution in [0.3, 0.4) is 0 Å². The number of anilines is 1. The van der Waals surface area contributed by atoms with E-state index in [2.05, 4.69) is 49.6 Å². The second-order valence-electron chi connectivity index (χ2n) is 12.7.